The fourth-order valence-electron chi connectivity index (χ4n) is 1.57. The van der Waals surface area contributed by atoms with Crippen LogP contribution in [0, 0.1) is 0 Å². The van der Waals surface area contributed by atoms with Crippen molar-refractivity contribution in [2.45, 2.75) is 19.4 Å². The Morgan fingerprint density at radius 2 is 2.21 bits per heavy atom. The molecule has 1 rings (SSSR count). The lowest BCUT2D eigenvalue weighted by molar-refractivity contribution is 0.230. The van der Waals surface area contributed by atoms with Crippen LogP contribution in [0.2, 0.25) is 0 Å². The SMILES string of the molecule is CC(CC(N)=NO)N1CCS(=O)CC1. The Hall–Kier alpha value is -0.620. The molecule has 0 aromatic carbocycles. The van der Waals surface area contributed by atoms with Crippen molar-refractivity contribution < 1.29 is 9.42 Å². The molecule has 14 heavy (non-hydrogen) atoms. The molecule has 0 aromatic heterocycles. The summed E-state index contributed by atoms with van der Waals surface area (Å²) >= 11 is 0. The molecule has 1 atom stereocenters. The molecular weight excluding hydrogens is 202 g/mol. The maximum atomic E-state index is 11.1. The van der Waals surface area contributed by atoms with E-state index in [0.29, 0.717) is 6.42 Å². The van der Waals surface area contributed by atoms with Gasteiger partial charge in [-0.1, -0.05) is 5.16 Å². The van der Waals surface area contributed by atoms with E-state index >= 15 is 0 Å². The van der Waals surface area contributed by atoms with Gasteiger partial charge in [0.1, 0.15) is 5.84 Å². The highest BCUT2D eigenvalue weighted by molar-refractivity contribution is 7.85. The van der Waals surface area contributed by atoms with Gasteiger partial charge in [-0.15, -0.1) is 0 Å². The molecule has 1 aliphatic rings. The van der Waals surface area contributed by atoms with Crippen LogP contribution in [-0.4, -0.2) is 50.8 Å². The first-order valence-electron chi connectivity index (χ1n) is 4.69. The highest BCUT2D eigenvalue weighted by Crippen LogP contribution is 2.08. The fourth-order valence-corrected chi connectivity index (χ4v) is 2.65. The molecule has 0 saturated carbocycles. The van der Waals surface area contributed by atoms with Crippen molar-refractivity contribution in [3.05, 3.63) is 0 Å². The Bertz CT molecular complexity index is 235. The van der Waals surface area contributed by atoms with Crippen LogP contribution in [0.5, 0.6) is 0 Å². The highest BCUT2D eigenvalue weighted by atomic mass is 32.2. The van der Waals surface area contributed by atoms with Crippen LogP contribution in [0.15, 0.2) is 5.16 Å². The van der Waals surface area contributed by atoms with Gasteiger partial charge in [0.2, 0.25) is 0 Å². The second-order valence-corrected chi connectivity index (χ2v) is 5.22. The Kier molecular flexibility index (Phi) is 4.34. The Balaban J connectivity index is 2.37. The minimum absolute atomic E-state index is 0.253. The number of nitrogens with zero attached hydrogens (tertiary/aromatic N) is 2. The molecule has 0 spiro atoms. The van der Waals surface area contributed by atoms with Gasteiger partial charge in [0.15, 0.2) is 0 Å². The van der Waals surface area contributed by atoms with E-state index in [9.17, 15) is 4.21 Å². The molecule has 1 heterocycles. The van der Waals surface area contributed by atoms with Crippen molar-refractivity contribution in [3.63, 3.8) is 0 Å². The van der Waals surface area contributed by atoms with Crippen LogP contribution >= 0.6 is 0 Å². The van der Waals surface area contributed by atoms with Crippen molar-refractivity contribution in [1.29, 1.82) is 0 Å². The normalized spacial score (nSPS) is 23.6. The maximum Gasteiger partial charge on any atom is 0.140 e. The van der Waals surface area contributed by atoms with Crippen molar-refractivity contribution in [1.82, 2.24) is 4.90 Å². The summed E-state index contributed by atoms with van der Waals surface area (Å²) in [4.78, 5) is 2.22. The zero-order chi connectivity index (χ0) is 10.6. The zero-order valence-corrected chi connectivity index (χ0v) is 9.16. The summed E-state index contributed by atoms with van der Waals surface area (Å²) in [6.07, 6.45) is 0.559. The van der Waals surface area contributed by atoms with Gasteiger partial charge in [-0.3, -0.25) is 9.11 Å². The Labute approximate surface area is 86.4 Å². The molecule has 0 aromatic rings. The number of hydrogen-bond acceptors (Lipinski definition) is 4. The van der Waals surface area contributed by atoms with E-state index in [2.05, 4.69) is 10.1 Å². The first kappa shape index (κ1) is 11.5. The summed E-state index contributed by atoms with van der Waals surface area (Å²) in [6, 6.07) is 0.253. The smallest absolute Gasteiger partial charge is 0.140 e. The number of nitrogens with two attached hydrogens (primary N) is 1. The van der Waals surface area contributed by atoms with Crippen molar-refractivity contribution in [3.8, 4) is 0 Å². The third kappa shape index (κ3) is 3.26. The summed E-state index contributed by atoms with van der Waals surface area (Å²) in [5.41, 5.74) is 5.42. The lowest BCUT2D eigenvalue weighted by Gasteiger charge is -2.31. The van der Waals surface area contributed by atoms with E-state index in [1.54, 1.807) is 0 Å². The molecule has 6 heteroatoms. The largest absolute Gasteiger partial charge is 0.409 e. The summed E-state index contributed by atoms with van der Waals surface area (Å²) in [6.45, 7) is 3.71. The third-order valence-corrected chi connectivity index (χ3v) is 3.74. The first-order valence-corrected chi connectivity index (χ1v) is 6.17. The monoisotopic (exact) mass is 219 g/mol. The zero-order valence-electron chi connectivity index (χ0n) is 8.35. The fraction of sp³-hybridized carbons (Fsp3) is 0.875. The van der Waals surface area contributed by atoms with E-state index in [1.165, 1.54) is 0 Å². The van der Waals surface area contributed by atoms with Crippen LogP contribution in [0.1, 0.15) is 13.3 Å². The van der Waals surface area contributed by atoms with Gasteiger partial charge < -0.3 is 10.9 Å². The van der Waals surface area contributed by atoms with Gasteiger partial charge >= 0.3 is 0 Å². The average Bonchev–Trinajstić information content (AvgIpc) is 2.18. The van der Waals surface area contributed by atoms with E-state index in [-0.39, 0.29) is 11.9 Å². The van der Waals surface area contributed by atoms with Gasteiger partial charge in [0.25, 0.3) is 0 Å². The van der Waals surface area contributed by atoms with Crippen molar-refractivity contribution >= 4 is 16.6 Å². The summed E-state index contributed by atoms with van der Waals surface area (Å²) in [5.74, 6) is 1.73. The molecule has 1 aliphatic heterocycles. The highest BCUT2D eigenvalue weighted by Gasteiger charge is 2.20. The predicted molar refractivity (Wildman–Crippen MR) is 56.9 cm³/mol. The molecule has 82 valence electrons. The van der Waals surface area contributed by atoms with Gasteiger partial charge in [0.05, 0.1) is 0 Å². The molecule has 0 bridgehead atoms. The number of hydrogen-bond donors (Lipinski definition) is 2. The number of oxime groups is 1. The molecule has 0 aliphatic carbocycles. The number of rotatable bonds is 3. The lowest BCUT2D eigenvalue weighted by Crippen LogP contribution is -2.44. The number of amidine groups is 1. The lowest BCUT2D eigenvalue weighted by atomic mass is 10.2. The standard InChI is InChI=1S/C8H17N3O2S/c1-7(6-8(9)10-12)11-2-4-14(13)5-3-11/h7,12H,2-6H2,1H3,(H2,9,10). The van der Waals surface area contributed by atoms with Crippen LogP contribution in [-0.2, 0) is 10.8 Å². The second kappa shape index (κ2) is 5.31. The van der Waals surface area contributed by atoms with Gasteiger partial charge in [-0.25, -0.2) is 0 Å². The molecule has 1 saturated heterocycles. The molecule has 5 nitrogen and oxygen atoms in total. The van der Waals surface area contributed by atoms with Crippen LogP contribution < -0.4 is 5.73 Å². The van der Waals surface area contributed by atoms with Crippen LogP contribution in [0.3, 0.4) is 0 Å². The van der Waals surface area contributed by atoms with E-state index in [1.807, 2.05) is 6.92 Å². The topological polar surface area (TPSA) is 78.9 Å². The molecule has 1 unspecified atom stereocenters. The quantitative estimate of drug-likeness (QED) is 0.292. The summed E-state index contributed by atoms with van der Waals surface area (Å²) in [5, 5.41) is 11.4. The van der Waals surface area contributed by atoms with E-state index in [4.69, 9.17) is 10.9 Å². The van der Waals surface area contributed by atoms with Crippen molar-refractivity contribution in [2.24, 2.45) is 10.9 Å². The molecule has 1 fully saturated rings. The molecule has 3 N–H and O–H groups in total. The van der Waals surface area contributed by atoms with Crippen LogP contribution in [0.4, 0.5) is 0 Å². The van der Waals surface area contributed by atoms with E-state index in [0.717, 1.165) is 24.6 Å². The molecular formula is C8H17N3O2S. The van der Waals surface area contributed by atoms with Gasteiger partial charge in [0, 0.05) is 47.9 Å². The molecule has 0 radical (unpaired) electrons. The predicted octanol–water partition coefficient (Wildman–Crippen LogP) is -0.424. The average molecular weight is 219 g/mol. The maximum absolute atomic E-state index is 11.1. The first-order chi connectivity index (χ1) is 6.63. The van der Waals surface area contributed by atoms with Crippen LogP contribution in [0.25, 0.3) is 0 Å². The minimum atomic E-state index is -0.644. The van der Waals surface area contributed by atoms with Crippen molar-refractivity contribution in [2.75, 3.05) is 24.6 Å². The second-order valence-electron chi connectivity index (χ2n) is 3.53. The Morgan fingerprint density at radius 3 is 2.71 bits per heavy atom. The summed E-state index contributed by atoms with van der Waals surface area (Å²) < 4.78 is 11.1. The van der Waals surface area contributed by atoms with Gasteiger partial charge in [-0.05, 0) is 6.92 Å². The molecule has 0 amide bonds. The Morgan fingerprint density at radius 1 is 1.64 bits per heavy atom. The minimum Gasteiger partial charge on any atom is -0.409 e. The van der Waals surface area contributed by atoms with Gasteiger partial charge in [-0.2, -0.15) is 0 Å². The third-order valence-electron chi connectivity index (χ3n) is 2.47. The van der Waals surface area contributed by atoms with E-state index < -0.39 is 10.8 Å². The summed E-state index contributed by atoms with van der Waals surface area (Å²) in [7, 11) is -0.644.